The van der Waals surface area contributed by atoms with Crippen LogP contribution >= 0.6 is 11.8 Å². The fourth-order valence-electron chi connectivity index (χ4n) is 2.37. The third kappa shape index (κ3) is 2.93. The van der Waals surface area contributed by atoms with Gasteiger partial charge in [-0.1, -0.05) is 59.8 Å². The molecule has 0 aliphatic carbocycles. The van der Waals surface area contributed by atoms with E-state index >= 15 is 0 Å². The number of aliphatic hydroxyl groups excluding tert-OH is 1. The van der Waals surface area contributed by atoms with Crippen molar-refractivity contribution in [1.82, 2.24) is 9.78 Å². The second-order valence-corrected chi connectivity index (χ2v) is 6.26. The summed E-state index contributed by atoms with van der Waals surface area (Å²) in [6.07, 6.45) is 0. The van der Waals surface area contributed by atoms with Crippen LogP contribution in [0.2, 0.25) is 0 Å². The predicted octanol–water partition coefficient (Wildman–Crippen LogP) is 4.04. The van der Waals surface area contributed by atoms with Crippen molar-refractivity contribution in [1.29, 1.82) is 0 Å². The van der Waals surface area contributed by atoms with Crippen molar-refractivity contribution in [3.05, 3.63) is 65.7 Å². The highest BCUT2D eigenvalue weighted by atomic mass is 32.2. The average Bonchev–Trinajstić information content (AvgIpc) is 2.86. The van der Waals surface area contributed by atoms with Crippen LogP contribution in [0.5, 0.6) is 0 Å². The summed E-state index contributed by atoms with van der Waals surface area (Å²) in [6, 6.07) is 18.4. The number of nitrogens with zero attached hydrogens (tertiary/aromatic N) is 2. The molecule has 0 saturated heterocycles. The van der Waals surface area contributed by atoms with Gasteiger partial charge in [0.25, 0.3) is 0 Å². The largest absolute Gasteiger partial charge is 0.391 e. The molecule has 1 aromatic heterocycles. The Morgan fingerprint density at radius 1 is 1.05 bits per heavy atom. The molecule has 0 radical (unpaired) electrons. The summed E-state index contributed by atoms with van der Waals surface area (Å²) >= 11 is 1.63. The SMILES string of the molecule is Cc1ccc(Sc2c(CO)c(-c3ccccc3)nn2C)cc1. The molecule has 0 unspecified atom stereocenters. The molecule has 0 amide bonds. The van der Waals surface area contributed by atoms with E-state index in [9.17, 15) is 5.11 Å². The molecule has 3 aromatic rings. The van der Waals surface area contributed by atoms with E-state index in [1.807, 2.05) is 42.1 Å². The summed E-state index contributed by atoms with van der Waals surface area (Å²) in [5.74, 6) is 0. The first kappa shape index (κ1) is 14.9. The fraction of sp³-hybridized carbons (Fsp3) is 0.167. The number of aryl methyl sites for hydroxylation is 2. The quantitative estimate of drug-likeness (QED) is 0.790. The van der Waals surface area contributed by atoms with Crippen molar-refractivity contribution in [2.75, 3.05) is 0 Å². The van der Waals surface area contributed by atoms with Crippen molar-refractivity contribution in [2.24, 2.45) is 7.05 Å². The predicted molar refractivity (Wildman–Crippen MR) is 89.9 cm³/mol. The Hall–Kier alpha value is -2.04. The summed E-state index contributed by atoms with van der Waals surface area (Å²) in [7, 11) is 1.92. The van der Waals surface area contributed by atoms with E-state index in [1.165, 1.54) is 5.56 Å². The zero-order chi connectivity index (χ0) is 15.5. The van der Waals surface area contributed by atoms with Crippen LogP contribution in [0, 0.1) is 6.92 Å². The van der Waals surface area contributed by atoms with E-state index in [1.54, 1.807) is 11.8 Å². The summed E-state index contributed by atoms with van der Waals surface area (Å²) in [5.41, 5.74) is 3.99. The third-order valence-electron chi connectivity index (χ3n) is 3.53. The van der Waals surface area contributed by atoms with E-state index in [-0.39, 0.29) is 6.61 Å². The maximum absolute atomic E-state index is 9.83. The van der Waals surface area contributed by atoms with Gasteiger partial charge in [-0.2, -0.15) is 5.10 Å². The number of hydrogen-bond donors (Lipinski definition) is 1. The summed E-state index contributed by atoms with van der Waals surface area (Å²) < 4.78 is 1.85. The average molecular weight is 310 g/mol. The first-order valence-corrected chi connectivity index (χ1v) is 7.97. The Kier molecular flexibility index (Phi) is 4.32. The minimum Gasteiger partial charge on any atom is -0.391 e. The summed E-state index contributed by atoms with van der Waals surface area (Å²) in [4.78, 5) is 1.14. The van der Waals surface area contributed by atoms with Gasteiger partial charge in [-0.15, -0.1) is 0 Å². The van der Waals surface area contributed by atoms with Crippen molar-refractivity contribution >= 4 is 11.8 Å². The molecule has 1 N–H and O–H groups in total. The molecule has 3 nitrogen and oxygen atoms in total. The highest BCUT2D eigenvalue weighted by Crippen LogP contribution is 2.35. The van der Waals surface area contributed by atoms with Gasteiger partial charge in [0.15, 0.2) is 0 Å². The Morgan fingerprint density at radius 2 is 1.73 bits per heavy atom. The van der Waals surface area contributed by atoms with Crippen molar-refractivity contribution in [3.8, 4) is 11.3 Å². The van der Waals surface area contributed by atoms with E-state index in [4.69, 9.17) is 0 Å². The number of hydrogen-bond acceptors (Lipinski definition) is 3. The number of aromatic nitrogens is 2. The van der Waals surface area contributed by atoms with Crippen LogP contribution in [0.1, 0.15) is 11.1 Å². The Bertz CT molecular complexity index is 764. The third-order valence-corrected chi connectivity index (χ3v) is 4.74. The van der Waals surface area contributed by atoms with Crippen LogP contribution in [-0.4, -0.2) is 14.9 Å². The number of aliphatic hydroxyl groups is 1. The van der Waals surface area contributed by atoms with Gasteiger partial charge in [-0.3, -0.25) is 4.68 Å². The molecule has 0 aliphatic rings. The summed E-state index contributed by atoms with van der Waals surface area (Å²) in [6.45, 7) is 2.05. The van der Waals surface area contributed by atoms with Gasteiger partial charge in [0.1, 0.15) is 5.03 Å². The lowest BCUT2D eigenvalue weighted by atomic mass is 10.1. The lowest BCUT2D eigenvalue weighted by Gasteiger charge is -2.05. The van der Waals surface area contributed by atoms with Gasteiger partial charge in [-0.05, 0) is 19.1 Å². The standard InChI is InChI=1S/C18H18N2OS/c1-13-8-10-15(11-9-13)22-18-16(12-21)17(19-20(18)2)14-6-4-3-5-7-14/h3-11,21H,12H2,1-2H3. The maximum atomic E-state index is 9.83. The maximum Gasteiger partial charge on any atom is 0.105 e. The molecule has 0 atom stereocenters. The van der Waals surface area contributed by atoms with Gasteiger partial charge in [0.05, 0.1) is 12.3 Å². The Morgan fingerprint density at radius 3 is 2.36 bits per heavy atom. The van der Waals surface area contributed by atoms with Crippen molar-refractivity contribution in [2.45, 2.75) is 23.5 Å². The molecule has 112 valence electrons. The highest BCUT2D eigenvalue weighted by molar-refractivity contribution is 7.99. The smallest absolute Gasteiger partial charge is 0.105 e. The van der Waals surface area contributed by atoms with Gasteiger partial charge in [-0.25, -0.2) is 0 Å². The molecule has 2 aromatic carbocycles. The van der Waals surface area contributed by atoms with Gasteiger partial charge < -0.3 is 5.11 Å². The van der Waals surface area contributed by atoms with E-state index < -0.39 is 0 Å². The lowest BCUT2D eigenvalue weighted by molar-refractivity contribution is 0.279. The van der Waals surface area contributed by atoms with Gasteiger partial charge in [0, 0.05) is 23.1 Å². The molecule has 1 heterocycles. The second-order valence-electron chi connectivity index (χ2n) is 5.20. The lowest BCUT2D eigenvalue weighted by Crippen LogP contribution is -1.93. The molecule has 3 rings (SSSR count). The molecule has 4 heteroatoms. The zero-order valence-corrected chi connectivity index (χ0v) is 13.5. The topological polar surface area (TPSA) is 38.1 Å². The molecular weight excluding hydrogens is 292 g/mol. The number of rotatable bonds is 4. The van der Waals surface area contributed by atoms with Crippen LogP contribution in [0.15, 0.2) is 64.5 Å². The Balaban J connectivity index is 2.01. The molecule has 0 bridgehead atoms. The van der Waals surface area contributed by atoms with E-state index in [0.717, 1.165) is 26.7 Å². The van der Waals surface area contributed by atoms with Crippen molar-refractivity contribution < 1.29 is 5.11 Å². The fourth-order valence-corrected chi connectivity index (χ4v) is 3.32. The second kappa shape index (κ2) is 6.38. The van der Waals surface area contributed by atoms with Crippen molar-refractivity contribution in [3.63, 3.8) is 0 Å². The van der Waals surface area contributed by atoms with Crippen LogP contribution in [0.3, 0.4) is 0 Å². The first-order valence-electron chi connectivity index (χ1n) is 7.15. The van der Waals surface area contributed by atoms with Crippen LogP contribution in [-0.2, 0) is 13.7 Å². The summed E-state index contributed by atoms with van der Waals surface area (Å²) in [5, 5.41) is 15.4. The van der Waals surface area contributed by atoms with E-state index in [2.05, 4.69) is 36.3 Å². The molecule has 0 saturated carbocycles. The normalized spacial score (nSPS) is 10.9. The molecule has 22 heavy (non-hydrogen) atoms. The minimum atomic E-state index is -0.0216. The Labute approximate surface area is 134 Å². The molecule has 0 aliphatic heterocycles. The minimum absolute atomic E-state index is 0.0216. The highest BCUT2D eigenvalue weighted by Gasteiger charge is 2.17. The van der Waals surface area contributed by atoms with Crippen LogP contribution in [0.4, 0.5) is 0 Å². The van der Waals surface area contributed by atoms with Crippen LogP contribution in [0.25, 0.3) is 11.3 Å². The van der Waals surface area contributed by atoms with Gasteiger partial charge >= 0.3 is 0 Å². The van der Waals surface area contributed by atoms with Gasteiger partial charge in [0.2, 0.25) is 0 Å². The molecule has 0 spiro atoms. The zero-order valence-electron chi connectivity index (χ0n) is 12.7. The van der Waals surface area contributed by atoms with E-state index in [0.29, 0.717) is 0 Å². The van der Waals surface area contributed by atoms with Crippen LogP contribution < -0.4 is 0 Å². The first-order chi connectivity index (χ1) is 10.7. The monoisotopic (exact) mass is 310 g/mol. The molecular formula is C18H18N2OS. The molecule has 0 fully saturated rings. The number of benzene rings is 2.